The number of ether oxygens (including phenoxy) is 1. The van der Waals surface area contributed by atoms with E-state index in [1.807, 2.05) is 49.6 Å². The number of carbonyl (C=O) groups excluding carboxylic acids is 3. The molecular formula is C21H21N3O4S. The molecule has 2 amide bonds. The van der Waals surface area contributed by atoms with Gasteiger partial charge in [0.05, 0.1) is 11.1 Å². The van der Waals surface area contributed by atoms with E-state index in [2.05, 4.69) is 5.32 Å². The number of anilines is 1. The molecule has 0 radical (unpaired) electrons. The Kier molecular flexibility index (Phi) is 5.84. The molecular weight excluding hydrogens is 390 g/mol. The van der Waals surface area contributed by atoms with E-state index in [4.69, 9.17) is 10.5 Å². The smallest absolute Gasteiger partial charge is 0.340 e. The van der Waals surface area contributed by atoms with Crippen molar-refractivity contribution in [3.63, 3.8) is 0 Å². The van der Waals surface area contributed by atoms with Crippen LogP contribution in [0.5, 0.6) is 0 Å². The number of nitrogens with two attached hydrogens (primary N) is 1. The van der Waals surface area contributed by atoms with E-state index < -0.39 is 24.4 Å². The van der Waals surface area contributed by atoms with E-state index in [1.54, 1.807) is 11.4 Å². The van der Waals surface area contributed by atoms with E-state index in [0.29, 0.717) is 10.6 Å². The van der Waals surface area contributed by atoms with E-state index in [9.17, 15) is 14.4 Å². The van der Waals surface area contributed by atoms with Gasteiger partial charge in [-0.2, -0.15) is 0 Å². The van der Waals surface area contributed by atoms with Crippen LogP contribution in [0.4, 0.5) is 5.00 Å². The first kappa shape index (κ1) is 20.3. The van der Waals surface area contributed by atoms with Gasteiger partial charge >= 0.3 is 5.97 Å². The zero-order chi connectivity index (χ0) is 21.1. The molecule has 8 heteroatoms. The highest BCUT2D eigenvalue weighted by atomic mass is 32.1. The third-order valence-corrected chi connectivity index (χ3v) is 5.29. The monoisotopic (exact) mass is 411 g/mol. The average Bonchev–Trinajstić information content (AvgIpc) is 3.25. The number of thiophene rings is 1. The molecule has 0 aliphatic heterocycles. The predicted octanol–water partition coefficient (Wildman–Crippen LogP) is 3.36. The molecule has 3 aromatic rings. The molecule has 0 saturated heterocycles. The molecule has 0 spiro atoms. The van der Waals surface area contributed by atoms with Crippen molar-refractivity contribution in [2.45, 2.75) is 20.8 Å². The lowest BCUT2D eigenvalue weighted by molar-refractivity contribution is -0.119. The summed E-state index contributed by atoms with van der Waals surface area (Å²) in [5.41, 5.74) is 9.56. The maximum atomic E-state index is 12.5. The molecule has 1 aromatic carbocycles. The van der Waals surface area contributed by atoms with Crippen LogP contribution in [0.1, 0.15) is 37.7 Å². The molecule has 0 bridgehead atoms. The second kappa shape index (κ2) is 8.32. The Hall–Kier alpha value is -3.39. The molecule has 0 atom stereocenters. The Balaban J connectivity index is 1.69. The third-order valence-electron chi connectivity index (χ3n) is 4.46. The van der Waals surface area contributed by atoms with Crippen molar-refractivity contribution < 1.29 is 19.1 Å². The van der Waals surface area contributed by atoms with Gasteiger partial charge in [-0.15, -0.1) is 11.3 Å². The van der Waals surface area contributed by atoms with Crippen LogP contribution in [0.15, 0.2) is 41.8 Å². The Morgan fingerprint density at radius 3 is 2.41 bits per heavy atom. The van der Waals surface area contributed by atoms with Gasteiger partial charge in [-0.3, -0.25) is 9.59 Å². The fourth-order valence-electron chi connectivity index (χ4n) is 3.03. The van der Waals surface area contributed by atoms with Gasteiger partial charge in [-0.25, -0.2) is 4.79 Å². The number of nitrogens with one attached hydrogen (secondary N) is 1. The molecule has 2 aromatic heterocycles. The second-order valence-corrected chi connectivity index (χ2v) is 7.52. The first-order chi connectivity index (χ1) is 13.8. The maximum absolute atomic E-state index is 12.5. The summed E-state index contributed by atoms with van der Waals surface area (Å²) < 4.78 is 7.13. The quantitative estimate of drug-likeness (QED) is 0.607. The Bertz CT molecular complexity index is 1080. The molecule has 3 N–H and O–H groups in total. The van der Waals surface area contributed by atoms with E-state index in [-0.39, 0.29) is 5.56 Å². The van der Waals surface area contributed by atoms with E-state index in [1.165, 1.54) is 17.4 Å². The normalized spacial score (nSPS) is 10.6. The number of aryl methyl sites for hydroxylation is 2. The summed E-state index contributed by atoms with van der Waals surface area (Å²) in [6.45, 7) is 5.27. The lowest BCUT2D eigenvalue weighted by Crippen LogP contribution is -2.22. The van der Waals surface area contributed by atoms with Gasteiger partial charge in [0.25, 0.3) is 11.8 Å². The van der Waals surface area contributed by atoms with Gasteiger partial charge in [-0.1, -0.05) is 17.7 Å². The summed E-state index contributed by atoms with van der Waals surface area (Å²) in [6.07, 6.45) is 0. The number of benzene rings is 1. The zero-order valence-electron chi connectivity index (χ0n) is 16.3. The fourth-order valence-corrected chi connectivity index (χ4v) is 3.84. The summed E-state index contributed by atoms with van der Waals surface area (Å²) >= 11 is 1.17. The number of aromatic nitrogens is 1. The Morgan fingerprint density at radius 2 is 1.76 bits per heavy atom. The van der Waals surface area contributed by atoms with Crippen LogP contribution in [0, 0.1) is 20.8 Å². The number of primary amides is 1. The molecule has 2 heterocycles. The fraction of sp³-hybridized carbons (Fsp3) is 0.190. The topological polar surface area (TPSA) is 103 Å². The van der Waals surface area contributed by atoms with Crippen LogP contribution >= 0.6 is 11.3 Å². The van der Waals surface area contributed by atoms with E-state index in [0.717, 1.165) is 22.6 Å². The number of carbonyl (C=O) groups is 3. The first-order valence-electron chi connectivity index (χ1n) is 8.88. The molecule has 0 fully saturated rings. The molecule has 0 saturated carbocycles. The van der Waals surface area contributed by atoms with Crippen molar-refractivity contribution in [3.8, 4) is 5.69 Å². The average molecular weight is 411 g/mol. The maximum Gasteiger partial charge on any atom is 0.340 e. The largest absolute Gasteiger partial charge is 0.452 e. The van der Waals surface area contributed by atoms with Gasteiger partial charge in [0.1, 0.15) is 5.00 Å². The highest BCUT2D eigenvalue weighted by Gasteiger charge is 2.19. The van der Waals surface area contributed by atoms with E-state index >= 15 is 0 Å². The lowest BCUT2D eigenvalue weighted by Gasteiger charge is -2.10. The highest BCUT2D eigenvalue weighted by Crippen LogP contribution is 2.23. The molecule has 29 heavy (non-hydrogen) atoms. The van der Waals surface area contributed by atoms with Crippen molar-refractivity contribution >= 4 is 34.1 Å². The Labute approximate surface area is 172 Å². The van der Waals surface area contributed by atoms with Gasteiger partial charge in [0, 0.05) is 17.1 Å². The van der Waals surface area contributed by atoms with Gasteiger partial charge < -0.3 is 20.4 Å². The molecule has 3 rings (SSSR count). The molecule has 0 aliphatic carbocycles. The molecule has 150 valence electrons. The number of esters is 1. The number of amides is 2. The summed E-state index contributed by atoms with van der Waals surface area (Å²) in [5, 5.41) is 4.51. The van der Waals surface area contributed by atoms with Crippen LogP contribution in [-0.4, -0.2) is 29.0 Å². The summed E-state index contributed by atoms with van der Waals surface area (Å²) in [5.74, 6) is -1.77. The zero-order valence-corrected chi connectivity index (χ0v) is 17.1. The number of hydrogen-bond donors (Lipinski definition) is 2. The van der Waals surface area contributed by atoms with Crippen LogP contribution in [0.25, 0.3) is 5.69 Å². The number of rotatable bonds is 6. The predicted molar refractivity (Wildman–Crippen MR) is 112 cm³/mol. The summed E-state index contributed by atoms with van der Waals surface area (Å²) in [6, 6.07) is 11.2. The lowest BCUT2D eigenvalue weighted by atomic mass is 10.2. The van der Waals surface area contributed by atoms with Crippen molar-refractivity contribution in [1.82, 2.24) is 4.57 Å². The van der Waals surface area contributed by atoms with Crippen molar-refractivity contribution in [2.24, 2.45) is 5.73 Å². The van der Waals surface area contributed by atoms with Crippen LogP contribution < -0.4 is 11.1 Å². The molecule has 0 unspecified atom stereocenters. The molecule has 0 aliphatic rings. The highest BCUT2D eigenvalue weighted by molar-refractivity contribution is 7.14. The minimum absolute atomic E-state index is 0.219. The van der Waals surface area contributed by atoms with Crippen molar-refractivity contribution in [3.05, 3.63) is 69.9 Å². The Morgan fingerprint density at radius 1 is 1.07 bits per heavy atom. The summed E-state index contributed by atoms with van der Waals surface area (Å²) in [7, 11) is 0. The van der Waals surface area contributed by atoms with Gasteiger partial charge in [0.2, 0.25) is 0 Å². The molecule has 7 nitrogen and oxygen atoms in total. The second-order valence-electron chi connectivity index (χ2n) is 6.61. The van der Waals surface area contributed by atoms with Crippen molar-refractivity contribution in [1.29, 1.82) is 0 Å². The van der Waals surface area contributed by atoms with Crippen LogP contribution in [-0.2, 0) is 9.53 Å². The minimum Gasteiger partial charge on any atom is -0.452 e. The van der Waals surface area contributed by atoms with Gasteiger partial charge in [0.15, 0.2) is 6.61 Å². The minimum atomic E-state index is -0.637. The summed E-state index contributed by atoms with van der Waals surface area (Å²) in [4.78, 5) is 35.9. The first-order valence-corrected chi connectivity index (χ1v) is 9.76. The number of hydrogen-bond acceptors (Lipinski definition) is 5. The van der Waals surface area contributed by atoms with Crippen LogP contribution in [0.3, 0.4) is 0 Å². The standard InChI is InChI=1S/C21H21N3O4S/c1-12-4-6-15(7-5-12)24-13(2)10-17(14(24)3)21(27)28-11-18(25)23-20-16(19(22)26)8-9-29-20/h4-10H,11H2,1-3H3,(H2,22,26)(H,23,25). The van der Waals surface area contributed by atoms with Gasteiger partial charge in [-0.05, 0) is 50.4 Å². The third kappa shape index (κ3) is 4.38. The number of nitrogens with zero attached hydrogens (tertiary/aromatic N) is 1. The van der Waals surface area contributed by atoms with Crippen molar-refractivity contribution in [2.75, 3.05) is 11.9 Å². The van der Waals surface area contributed by atoms with Crippen LogP contribution in [0.2, 0.25) is 0 Å². The SMILES string of the molecule is Cc1ccc(-n2c(C)cc(C(=O)OCC(=O)Nc3sccc3C(N)=O)c2C)cc1.